The highest BCUT2D eigenvalue weighted by atomic mass is 16.5. The lowest BCUT2D eigenvalue weighted by Gasteiger charge is -2.12. The smallest absolute Gasteiger partial charge is 0.161 e. The molecule has 0 amide bonds. The molecule has 0 saturated heterocycles. The fraction of sp³-hybridized carbons (Fsp3) is 0.250. The van der Waals surface area contributed by atoms with Crippen molar-refractivity contribution >= 4 is 0 Å². The highest BCUT2D eigenvalue weighted by Crippen LogP contribution is 2.27. The first-order chi connectivity index (χ1) is 9.78. The van der Waals surface area contributed by atoms with E-state index in [1.54, 1.807) is 14.2 Å². The lowest BCUT2D eigenvalue weighted by Crippen LogP contribution is -2.03. The molecule has 2 N–H and O–H groups in total. The fourth-order valence-electron chi connectivity index (χ4n) is 1.98. The van der Waals surface area contributed by atoms with Gasteiger partial charge in [0.05, 0.1) is 14.2 Å². The Morgan fingerprint density at radius 1 is 0.900 bits per heavy atom. The van der Waals surface area contributed by atoms with Crippen molar-refractivity contribution in [2.24, 2.45) is 5.73 Å². The van der Waals surface area contributed by atoms with Gasteiger partial charge in [-0.1, -0.05) is 18.2 Å². The van der Waals surface area contributed by atoms with E-state index in [0.29, 0.717) is 13.2 Å². The van der Waals surface area contributed by atoms with Crippen molar-refractivity contribution in [3.63, 3.8) is 0 Å². The highest BCUT2D eigenvalue weighted by molar-refractivity contribution is 5.40. The molecule has 2 aromatic rings. The van der Waals surface area contributed by atoms with Gasteiger partial charge in [-0.15, -0.1) is 0 Å². The molecule has 4 nitrogen and oxygen atoms in total. The van der Waals surface area contributed by atoms with Gasteiger partial charge in [-0.05, 0) is 29.8 Å². The maximum atomic E-state index is 5.78. The van der Waals surface area contributed by atoms with Crippen LogP contribution in [-0.2, 0) is 13.2 Å². The molecule has 0 atom stereocenters. The van der Waals surface area contributed by atoms with Crippen LogP contribution in [0.5, 0.6) is 17.2 Å². The summed E-state index contributed by atoms with van der Waals surface area (Å²) in [5, 5.41) is 0. The maximum absolute atomic E-state index is 5.78. The lowest BCUT2D eigenvalue weighted by molar-refractivity contribution is 0.284. The summed E-state index contributed by atoms with van der Waals surface area (Å²) in [5.41, 5.74) is 7.71. The third-order valence-corrected chi connectivity index (χ3v) is 3.03. The van der Waals surface area contributed by atoms with Gasteiger partial charge in [0.25, 0.3) is 0 Å². The molecule has 2 aromatic carbocycles. The number of methoxy groups -OCH3 is 2. The van der Waals surface area contributed by atoms with Crippen LogP contribution in [0.2, 0.25) is 0 Å². The maximum Gasteiger partial charge on any atom is 0.161 e. The van der Waals surface area contributed by atoms with Crippen LogP contribution in [0.4, 0.5) is 0 Å². The van der Waals surface area contributed by atoms with E-state index in [1.165, 1.54) is 0 Å². The summed E-state index contributed by atoms with van der Waals surface area (Å²) in [6.45, 7) is 0.892. The summed E-state index contributed by atoms with van der Waals surface area (Å²) in [6, 6.07) is 13.4. The number of rotatable bonds is 6. The van der Waals surface area contributed by atoms with Crippen LogP contribution in [-0.4, -0.2) is 14.2 Å². The Morgan fingerprint density at radius 3 is 2.25 bits per heavy atom. The van der Waals surface area contributed by atoms with Gasteiger partial charge in [0, 0.05) is 12.1 Å². The number of hydrogen-bond donors (Lipinski definition) is 1. The summed E-state index contributed by atoms with van der Waals surface area (Å²) in [6.07, 6.45) is 0. The van der Waals surface area contributed by atoms with Gasteiger partial charge >= 0.3 is 0 Å². The van der Waals surface area contributed by atoms with E-state index < -0.39 is 0 Å². The van der Waals surface area contributed by atoms with Gasteiger partial charge in [0.1, 0.15) is 12.4 Å². The predicted molar refractivity (Wildman–Crippen MR) is 78.2 cm³/mol. The van der Waals surface area contributed by atoms with Crippen molar-refractivity contribution in [1.29, 1.82) is 0 Å². The Labute approximate surface area is 119 Å². The zero-order chi connectivity index (χ0) is 14.4. The van der Waals surface area contributed by atoms with Crippen LogP contribution >= 0.6 is 0 Å². The summed E-state index contributed by atoms with van der Waals surface area (Å²) in [5.74, 6) is 2.24. The molecule has 0 aliphatic heterocycles. The van der Waals surface area contributed by atoms with Crippen LogP contribution in [0, 0.1) is 0 Å². The predicted octanol–water partition coefficient (Wildman–Crippen LogP) is 2.74. The van der Waals surface area contributed by atoms with Gasteiger partial charge in [0.15, 0.2) is 11.5 Å². The largest absolute Gasteiger partial charge is 0.496 e. The first-order valence-electron chi connectivity index (χ1n) is 6.40. The average Bonchev–Trinajstić information content (AvgIpc) is 2.52. The van der Waals surface area contributed by atoms with E-state index in [2.05, 4.69) is 0 Å². The lowest BCUT2D eigenvalue weighted by atomic mass is 10.1. The molecule has 0 spiro atoms. The quantitative estimate of drug-likeness (QED) is 0.879. The third-order valence-electron chi connectivity index (χ3n) is 3.03. The summed E-state index contributed by atoms with van der Waals surface area (Å²) < 4.78 is 16.3. The number of para-hydroxylation sites is 2. The standard InChI is InChI=1S/C16H19NO3/c1-18-14-8-7-12(9-13(14)10-17)11-20-16-6-4-3-5-15(16)19-2/h3-9H,10-11,17H2,1-2H3. The van der Waals surface area contributed by atoms with Crippen molar-refractivity contribution in [2.75, 3.05) is 14.2 Å². The zero-order valence-electron chi connectivity index (χ0n) is 11.8. The van der Waals surface area contributed by atoms with Crippen molar-refractivity contribution in [2.45, 2.75) is 13.2 Å². The molecule has 0 aromatic heterocycles. The zero-order valence-corrected chi connectivity index (χ0v) is 11.8. The molecular formula is C16H19NO3. The molecule has 106 valence electrons. The van der Waals surface area contributed by atoms with E-state index in [0.717, 1.165) is 28.4 Å². The van der Waals surface area contributed by atoms with Crippen LogP contribution in [0.3, 0.4) is 0 Å². The first-order valence-corrected chi connectivity index (χ1v) is 6.40. The molecule has 2 rings (SSSR count). The minimum atomic E-state index is 0.436. The normalized spacial score (nSPS) is 10.2. The van der Waals surface area contributed by atoms with Crippen molar-refractivity contribution in [1.82, 2.24) is 0 Å². The Bertz CT molecular complexity index is 569. The number of hydrogen-bond acceptors (Lipinski definition) is 4. The second kappa shape index (κ2) is 6.82. The molecule has 0 bridgehead atoms. The Hall–Kier alpha value is -2.20. The van der Waals surface area contributed by atoms with E-state index in [1.807, 2.05) is 42.5 Å². The molecule has 0 saturated carbocycles. The second-order valence-corrected chi connectivity index (χ2v) is 4.29. The summed E-state index contributed by atoms with van der Waals surface area (Å²) in [7, 11) is 3.27. The monoisotopic (exact) mass is 273 g/mol. The summed E-state index contributed by atoms with van der Waals surface area (Å²) >= 11 is 0. The number of nitrogens with two attached hydrogens (primary N) is 1. The molecule has 20 heavy (non-hydrogen) atoms. The molecule has 0 heterocycles. The Balaban J connectivity index is 2.11. The molecule has 4 heteroatoms. The van der Waals surface area contributed by atoms with E-state index in [9.17, 15) is 0 Å². The van der Waals surface area contributed by atoms with Gasteiger partial charge in [-0.25, -0.2) is 0 Å². The number of benzene rings is 2. The SMILES string of the molecule is COc1ccc(COc2ccccc2OC)cc1CN. The van der Waals surface area contributed by atoms with Gasteiger partial charge < -0.3 is 19.9 Å². The molecular weight excluding hydrogens is 254 g/mol. The average molecular weight is 273 g/mol. The molecule has 0 fully saturated rings. The fourth-order valence-corrected chi connectivity index (χ4v) is 1.98. The minimum absolute atomic E-state index is 0.436. The van der Waals surface area contributed by atoms with Crippen molar-refractivity contribution < 1.29 is 14.2 Å². The van der Waals surface area contributed by atoms with E-state index in [4.69, 9.17) is 19.9 Å². The van der Waals surface area contributed by atoms with Crippen molar-refractivity contribution in [3.05, 3.63) is 53.6 Å². The molecule has 0 aliphatic carbocycles. The summed E-state index contributed by atoms with van der Waals surface area (Å²) in [4.78, 5) is 0. The topological polar surface area (TPSA) is 53.7 Å². The molecule has 0 unspecified atom stereocenters. The highest BCUT2D eigenvalue weighted by Gasteiger charge is 2.06. The van der Waals surface area contributed by atoms with Crippen LogP contribution in [0.1, 0.15) is 11.1 Å². The van der Waals surface area contributed by atoms with Gasteiger partial charge in [-0.2, -0.15) is 0 Å². The Kier molecular flexibility index (Phi) is 4.85. The molecule has 0 aliphatic rings. The minimum Gasteiger partial charge on any atom is -0.496 e. The second-order valence-electron chi connectivity index (χ2n) is 4.29. The van der Waals surface area contributed by atoms with Crippen molar-refractivity contribution in [3.8, 4) is 17.2 Å². The van der Waals surface area contributed by atoms with Crippen LogP contribution in [0.15, 0.2) is 42.5 Å². The van der Waals surface area contributed by atoms with Crippen LogP contribution in [0.25, 0.3) is 0 Å². The van der Waals surface area contributed by atoms with Gasteiger partial charge in [0.2, 0.25) is 0 Å². The van der Waals surface area contributed by atoms with E-state index >= 15 is 0 Å². The Morgan fingerprint density at radius 2 is 1.60 bits per heavy atom. The van der Waals surface area contributed by atoms with Crippen LogP contribution < -0.4 is 19.9 Å². The first kappa shape index (κ1) is 14.2. The molecule has 0 radical (unpaired) electrons. The van der Waals surface area contributed by atoms with E-state index in [-0.39, 0.29) is 0 Å². The number of ether oxygens (including phenoxy) is 3. The third kappa shape index (κ3) is 3.22. The van der Waals surface area contributed by atoms with Gasteiger partial charge in [-0.3, -0.25) is 0 Å².